The lowest BCUT2D eigenvalue weighted by Crippen LogP contribution is -1.83. The molecule has 0 fully saturated rings. The molecule has 2 rings (SSSR count). The Morgan fingerprint density at radius 1 is 1.50 bits per heavy atom. The Balaban J connectivity index is 2.44. The van der Waals surface area contributed by atoms with Gasteiger partial charge in [0.2, 0.25) is 0 Å². The van der Waals surface area contributed by atoms with Crippen molar-refractivity contribution < 1.29 is 4.52 Å². The number of aromatic nitrogens is 2. The Labute approximate surface area is 86.7 Å². The monoisotopic (exact) mass is 208 g/mol. The van der Waals surface area contributed by atoms with E-state index in [1.807, 2.05) is 19.1 Å². The molecule has 0 aliphatic rings. The number of nitrogens with zero attached hydrogens (tertiary/aromatic N) is 2. The summed E-state index contributed by atoms with van der Waals surface area (Å²) in [4.78, 5) is 4.04. The van der Waals surface area contributed by atoms with Gasteiger partial charge in [0.25, 0.3) is 0 Å². The summed E-state index contributed by atoms with van der Waals surface area (Å²) >= 11 is 5.62. The van der Waals surface area contributed by atoms with Crippen LogP contribution in [0.2, 0.25) is 0 Å². The summed E-state index contributed by atoms with van der Waals surface area (Å²) in [7, 11) is 0. The number of rotatable bonds is 2. The molecular formula is C10H9ClN2O. The molecule has 3 nitrogen and oxygen atoms in total. The molecule has 0 bridgehead atoms. The van der Waals surface area contributed by atoms with E-state index in [4.69, 9.17) is 16.1 Å². The van der Waals surface area contributed by atoms with Crippen LogP contribution in [0.5, 0.6) is 0 Å². The second kappa shape index (κ2) is 3.80. The summed E-state index contributed by atoms with van der Waals surface area (Å²) < 4.78 is 5.01. The third kappa shape index (κ3) is 1.63. The van der Waals surface area contributed by atoms with Crippen molar-refractivity contribution >= 4 is 11.6 Å². The van der Waals surface area contributed by atoms with E-state index in [1.165, 1.54) is 0 Å². The van der Waals surface area contributed by atoms with Gasteiger partial charge in [0.1, 0.15) is 5.69 Å². The lowest BCUT2D eigenvalue weighted by molar-refractivity contribution is 0.396. The van der Waals surface area contributed by atoms with E-state index in [2.05, 4.69) is 10.1 Å². The molecule has 0 radical (unpaired) electrons. The van der Waals surface area contributed by atoms with E-state index in [0.29, 0.717) is 11.6 Å². The molecule has 72 valence electrons. The Kier molecular flexibility index (Phi) is 2.50. The molecule has 0 N–H and O–H groups in total. The van der Waals surface area contributed by atoms with Crippen LogP contribution in [0.3, 0.4) is 0 Å². The zero-order valence-corrected chi connectivity index (χ0v) is 8.45. The minimum absolute atomic E-state index is 0.340. The van der Waals surface area contributed by atoms with Gasteiger partial charge in [0.15, 0.2) is 5.76 Å². The van der Waals surface area contributed by atoms with E-state index < -0.39 is 0 Å². The van der Waals surface area contributed by atoms with Crippen LogP contribution in [0.25, 0.3) is 11.3 Å². The predicted octanol–water partition coefficient (Wildman–Crippen LogP) is 2.78. The first-order chi connectivity index (χ1) is 6.81. The Morgan fingerprint density at radius 3 is 3.00 bits per heavy atom. The number of alkyl halides is 1. The number of hydrogen-bond acceptors (Lipinski definition) is 3. The summed E-state index contributed by atoms with van der Waals surface area (Å²) in [6.45, 7) is 2.01. The molecule has 2 aromatic heterocycles. The van der Waals surface area contributed by atoms with Crippen molar-refractivity contribution in [2.24, 2.45) is 0 Å². The van der Waals surface area contributed by atoms with Crippen LogP contribution in [-0.4, -0.2) is 10.1 Å². The summed E-state index contributed by atoms with van der Waals surface area (Å²) in [5, 5.41) is 3.92. The van der Waals surface area contributed by atoms with Crippen LogP contribution in [-0.2, 0) is 5.88 Å². The number of pyridine rings is 1. The van der Waals surface area contributed by atoms with Gasteiger partial charge in [-0.1, -0.05) is 5.16 Å². The van der Waals surface area contributed by atoms with Crippen LogP contribution in [0, 0.1) is 6.92 Å². The summed E-state index contributed by atoms with van der Waals surface area (Å²) in [5.41, 5.74) is 2.88. The zero-order valence-electron chi connectivity index (χ0n) is 7.70. The predicted molar refractivity (Wildman–Crippen MR) is 54.0 cm³/mol. The maximum Gasteiger partial charge on any atom is 0.152 e. The van der Waals surface area contributed by atoms with Gasteiger partial charge < -0.3 is 4.52 Å². The smallest absolute Gasteiger partial charge is 0.152 e. The topological polar surface area (TPSA) is 38.9 Å². The number of aryl methyl sites for hydroxylation is 1. The first-order valence-electron chi connectivity index (χ1n) is 4.24. The van der Waals surface area contributed by atoms with Gasteiger partial charge in [-0.05, 0) is 18.6 Å². The third-order valence-electron chi connectivity index (χ3n) is 2.01. The highest BCUT2D eigenvalue weighted by molar-refractivity contribution is 6.16. The molecule has 4 heteroatoms. The van der Waals surface area contributed by atoms with Crippen LogP contribution in [0.4, 0.5) is 0 Å². The quantitative estimate of drug-likeness (QED) is 0.713. The second-order valence-corrected chi connectivity index (χ2v) is 3.27. The number of hydrogen-bond donors (Lipinski definition) is 0. The SMILES string of the molecule is Cc1ccncc1-c1cc(CCl)on1. The molecule has 0 aromatic carbocycles. The van der Waals surface area contributed by atoms with E-state index in [1.54, 1.807) is 12.4 Å². The van der Waals surface area contributed by atoms with Gasteiger partial charge in [0, 0.05) is 24.0 Å². The summed E-state index contributed by atoms with van der Waals surface area (Å²) in [5.74, 6) is 1.01. The fraction of sp³-hybridized carbons (Fsp3) is 0.200. The molecule has 2 heterocycles. The van der Waals surface area contributed by atoms with E-state index >= 15 is 0 Å². The van der Waals surface area contributed by atoms with Crippen LogP contribution in [0.15, 0.2) is 29.0 Å². The maximum absolute atomic E-state index is 5.62. The van der Waals surface area contributed by atoms with Crippen LogP contribution >= 0.6 is 11.6 Å². The molecule has 0 aliphatic carbocycles. The lowest BCUT2D eigenvalue weighted by Gasteiger charge is -1.98. The van der Waals surface area contributed by atoms with Gasteiger partial charge in [-0.25, -0.2) is 0 Å². The Morgan fingerprint density at radius 2 is 2.36 bits per heavy atom. The second-order valence-electron chi connectivity index (χ2n) is 3.00. The van der Waals surface area contributed by atoms with Crippen molar-refractivity contribution in [1.29, 1.82) is 0 Å². The normalized spacial score (nSPS) is 10.4. The molecule has 14 heavy (non-hydrogen) atoms. The van der Waals surface area contributed by atoms with Crippen molar-refractivity contribution in [3.63, 3.8) is 0 Å². The van der Waals surface area contributed by atoms with Crippen molar-refractivity contribution in [2.45, 2.75) is 12.8 Å². The highest BCUT2D eigenvalue weighted by Crippen LogP contribution is 2.22. The van der Waals surface area contributed by atoms with Crippen molar-refractivity contribution in [3.8, 4) is 11.3 Å². The van der Waals surface area contributed by atoms with Crippen molar-refractivity contribution in [1.82, 2.24) is 10.1 Å². The third-order valence-corrected chi connectivity index (χ3v) is 2.27. The fourth-order valence-corrected chi connectivity index (χ4v) is 1.36. The fourth-order valence-electron chi connectivity index (χ4n) is 1.24. The first kappa shape index (κ1) is 9.21. The molecule has 0 aliphatic heterocycles. The molecule has 0 spiro atoms. The Hall–Kier alpha value is -1.35. The minimum Gasteiger partial charge on any atom is -0.359 e. The van der Waals surface area contributed by atoms with E-state index in [0.717, 1.165) is 16.8 Å². The lowest BCUT2D eigenvalue weighted by atomic mass is 10.1. The maximum atomic E-state index is 5.62. The average Bonchev–Trinajstić information content (AvgIpc) is 2.67. The summed E-state index contributed by atoms with van der Waals surface area (Å²) in [6.07, 6.45) is 3.52. The molecule has 2 aromatic rings. The molecule has 0 saturated heterocycles. The average molecular weight is 209 g/mol. The molecular weight excluding hydrogens is 200 g/mol. The summed E-state index contributed by atoms with van der Waals surface area (Å²) in [6, 6.07) is 3.77. The van der Waals surface area contributed by atoms with Crippen molar-refractivity contribution in [3.05, 3.63) is 35.9 Å². The van der Waals surface area contributed by atoms with Gasteiger partial charge in [0.05, 0.1) is 5.88 Å². The van der Waals surface area contributed by atoms with Gasteiger partial charge in [-0.3, -0.25) is 4.98 Å². The molecule has 0 atom stereocenters. The highest BCUT2D eigenvalue weighted by Gasteiger charge is 2.07. The first-order valence-corrected chi connectivity index (χ1v) is 4.77. The number of halogens is 1. The highest BCUT2D eigenvalue weighted by atomic mass is 35.5. The van der Waals surface area contributed by atoms with Gasteiger partial charge in [-0.2, -0.15) is 0 Å². The van der Waals surface area contributed by atoms with Gasteiger partial charge >= 0.3 is 0 Å². The van der Waals surface area contributed by atoms with Crippen LogP contribution < -0.4 is 0 Å². The standard InChI is InChI=1S/C10H9ClN2O/c1-7-2-3-12-6-9(7)10-4-8(5-11)14-13-10/h2-4,6H,5H2,1H3. The van der Waals surface area contributed by atoms with Crippen LogP contribution in [0.1, 0.15) is 11.3 Å². The van der Waals surface area contributed by atoms with E-state index in [9.17, 15) is 0 Å². The largest absolute Gasteiger partial charge is 0.359 e. The molecule has 0 amide bonds. The van der Waals surface area contributed by atoms with E-state index in [-0.39, 0.29) is 0 Å². The van der Waals surface area contributed by atoms with Crippen molar-refractivity contribution in [2.75, 3.05) is 0 Å². The molecule has 0 unspecified atom stereocenters. The molecule has 0 saturated carbocycles. The van der Waals surface area contributed by atoms with Gasteiger partial charge in [-0.15, -0.1) is 11.6 Å². The zero-order chi connectivity index (χ0) is 9.97. The Bertz CT molecular complexity index is 439. The minimum atomic E-state index is 0.340.